The van der Waals surface area contributed by atoms with Crippen molar-refractivity contribution >= 4 is 15.7 Å². The Morgan fingerprint density at radius 2 is 1.88 bits per heavy atom. The zero-order chi connectivity index (χ0) is 13.0. The highest BCUT2D eigenvalue weighted by Crippen LogP contribution is 2.16. The smallest absolute Gasteiger partial charge is 0.237 e. The van der Waals surface area contributed by atoms with Crippen LogP contribution in [0.25, 0.3) is 0 Å². The number of sulfone groups is 1. The van der Waals surface area contributed by atoms with Gasteiger partial charge in [0.1, 0.15) is 0 Å². The van der Waals surface area contributed by atoms with Crippen LogP contribution in [0.5, 0.6) is 0 Å². The molecule has 0 radical (unpaired) electrons. The summed E-state index contributed by atoms with van der Waals surface area (Å²) in [5, 5.41) is 2.54. The molecule has 0 aliphatic heterocycles. The summed E-state index contributed by atoms with van der Waals surface area (Å²) in [7, 11) is -3.03. The standard InChI is InChI=1S/C10H22N2O3S/c1-5-16(14,15)7-6-12-9(13)8(11)10(2,3)4/h8H,5-7,11H2,1-4H3,(H,12,13)/t8-/m1/s1. The van der Waals surface area contributed by atoms with Gasteiger partial charge in [0, 0.05) is 12.3 Å². The Balaban J connectivity index is 4.11. The molecule has 0 saturated heterocycles. The minimum Gasteiger partial charge on any atom is -0.354 e. The topological polar surface area (TPSA) is 89.3 Å². The van der Waals surface area contributed by atoms with Gasteiger partial charge in [-0.2, -0.15) is 0 Å². The maximum Gasteiger partial charge on any atom is 0.237 e. The number of carbonyl (C=O) groups excluding carboxylic acids is 1. The van der Waals surface area contributed by atoms with Crippen LogP contribution in [0.3, 0.4) is 0 Å². The summed E-state index contributed by atoms with van der Waals surface area (Å²) in [6, 6.07) is -0.628. The highest BCUT2D eigenvalue weighted by molar-refractivity contribution is 7.91. The third-order valence-electron chi connectivity index (χ3n) is 2.37. The summed E-state index contributed by atoms with van der Waals surface area (Å²) in [5.41, 5.74) is 5.39. The maximum absolute atomic E-state index is 11.5. The van der Waals surface area contributed by atoms with Gasteiger partial charge in [-0.3, -0.25) is 4.79 Å². The van der Waals surface area contributed by atoms with Crippen LogP contribution in [0.4, 0.5) is 0 Å². The fourth-order valence-corrected chi connectivity index (χ4v) is 1.68. The third kappa shape index (κ3) is 5.46. The van der Waals surface area contributed by atoms with Gasteiger partial charge in [-0.15, -0.1) is 0 Å². The van der Waals surface area contributed by atoms with Crippen molar-refractivity contribution < 1.29 is 13.2 Å². The van der Waals surface area contributed by atoms with Crippen LogP contribution >= 0.6 is 0 Å². The predicted molar refractivity (Wildman–Crippen MR) is 64.8 cm³/mol. The number of carbonyl (C=O) groups is 1. The molecule has 96 valence electrons. The van der Waals surface area contributed by atoms with Gasteiger partial charge < -0.3 is 11.1 Å². The largest absolute Gasteiger partial charge is 0.354 e. The first-order valence-corrected chi connectivity index (χ1v) is 7.16. The van der Waals surface area contributed by atoms with Crippen molar-refractivity contribution in [1.29, 1.82) is 0 Å². The van der Waals surface area contributed by atoms with Gasteiger partial charge in [0.25, 0.3) is 0 Å². The molecule has 0 aliphatic carbocycles. The van der Waals surface area contributed by atoms with E-state index in [0.29, 0.717) is 0 Å². The molecule has 0 spiro atoms. The Labute approximate surface area is 97.7 Å². The molecule has 1 atom stereocenters. The summed E-state index contributed by atoms with van der Waals surface area (Å²) < 4.78 is 22.3. The number of amides is 1. The predicted octanol–water partition coefficient (Wildman–Crippen LogP) is -0.0893. The Bertz CT molecular complexity index is 330. The van der Waals surface area contributed by atoms with Crippen LogP contribution in [0, 0.1) is 5.41 Å². The van der Waals surface area contributed by atoms with Crippen LogP contribution in [0.15, 0.2) is 0 Å². The zero-order valence-electron chi connectivity index (χ0n) is 10.4. The first-order valence-electron chi connectivity index (χ1n) is 5.34. The van der Waals surface area contributed by atoms with E-state index in [1.165, 1.54) is 0 Å². The van der Waals surface area contributed by atoms with E-state index in [2.05, 4.69) is 5.32 Å². The van der Waals surface area contributed by atoms with E-state index in [0.717, 1.165) is 0 Å². The van der Waals surface area contributed by atoms with Crippen molar-refractivity contribution in [2.24, 2.45) is 11.1 Å². The van der Waals surface area contributed by atoms with E-state index in [1.807, 2.05) is 20.8 Å². The zero-order valence-corrected chi connectivity index (χ0v) is 11.2. The molecule has 0 heterocycles. The van der Waals surface area contributed by atoms with Crippen molar-refractivity contribution in [3.8, 4) is 0 Å². The lowest BCUT2D eigenvalue weighted by Gasteiger charge is -2.25. The number of hydrogen-bond acceptors (Lipinski definition) is 4. The minimum atomic E-state index is -3.03. The molecule has 0 fully saturated rings. The summed E-state index contributed by atoms with van der Waals surface area (Å²) in [4.78, 5) is 11.5. The Morgan fingerprint density at radius 3 is 2.25 bits per heavy atom. The highest BCUT2D eigenvalue weighted by Gasteiger charge is 2.27. The fraction of sp³-hybridized carbons (Fsp3) is 0.900. The number of rotatable bonds is 5. The number of nitrogens with one attached hydrogen (secondary N) is 1. The Morgan fingerprint density at radius 1 is 1.38 bits per heavy atom. The third-order valence-corrected chi connectivity index (χ3v) is 4.07. The SMILES string of the molecule is CCS(=O)(=O)CCNC(=O)[C@@H](N)C(C)(C)C. The van der Waals surface area contributed by atoms with Gasteiger partial charge >= 0.3 is 0 Å². The quantitative estimate of drug-likeness (QED) is 0.713. The minimum absolute atomic E-state index is 0.0356. The summed E-state index contributed by atoms with van der Waals surface area (Å²) in [6.45, 7) is 7.29. The van der Waals surface area contributed by atoms with E-state index in [-0.39, 0.29) is 29.4 Å². The maximum atomic E-state index is 11.5. The number of hydrogen-bond donors (Lipinski definition) is 2. The Hall–Kier alpha value is -0.620. The molecule has 0 rings (SSSR count). The molecular formula is C10H22N2O3S. The van der Waals surface area contributed by atoms with Gasteiger partial charge in [0.05, 0.1) is 11.8 Å². The second kappa shape index (κ2) is 5.63. The first kappa shape index (κ1) is 15.4. The second-order valence-corrected chi connectivity index (χ2v) is 7.34. The van der Waals surface area contributed by atoms with E-state index >= 15 is 0 Å². The average molecular weight is 250 g/mol. The molecule has 0 aromatic rings. The van der Waals surface area contributed by atoms with E-state index in [9.17, 15) is 13.2 Å². The monoisotopic (exact) mass is 250 g/mol. The van der Waals surface area contributed by atoms with Crippen molar-refractivity contribution in [3.05, 3.63) is 0 Å². The van der Waals surface area contributed by atoms with Crippen LogP contribution in [0.1, 0.15) is 27.7 Å². The normalized spacial score (nSPS) is 14.6. The average Bonchev–Trinajstić information content (AvgIpc) is 2.14. The lowest BCUT2D eigenvalue weighted by molar-refractivity contribution is -0.124. The van der Waals surface area contributed by atoms with Gasteiger partial charge in [0.15, 0.2) is 9.84 Å². The lowest BCUT2D eigenvalue weighted by Crippen LogP contribution is -2.49. The molecule has 0 aliphatic rings. The highest BCUT2D eigenvalue weighted by atomic mass is 32.2. The first-order chi connectivity index (χ1) is 7.10. The molecule has 0 bridgehead atoms. The molecule has 0 unspecified atom stereocenters. The van der Waals surface area contributed by atoms with Crippen LogP contribution in [0.2, 0.25) is 0 Å². The van der Waals surface area contributed by atoms with Gasteiger partial charge in [-0.05, 0) is 5.41 Å². The number of nitrogens with two attached hydrogens (primary N) is 1. The van der Waals surface area contributed by atoms with Crippen molar-refractivity contribution in [1.82, 2.24) is 5.32 Å². The van der Waals surface area contributed by atoms with E-state index < -0.39 is 15.9 Å². The summed E-state index contributed by atoms with van der Waals surface area (Å²) >= 11 is 0. The fourth-order valence-electron chi connectivity index (χ4n) is 0.977. The second-order valence-electron chi connectivity index (χ2n) is 4.87. The van der Waals surface area contributed by atoms with Crippen LogP contribution in [-0.2, 0) is 14.6 Å². The van der Waals surface area contributed by atoms with Crippen LogP contribution in [-0.4, -0.2) is 38.4 Å². The van der Waals surface area contributed by atoms with Crippen molar-refractivity contribution in [2.75, 3.05) is 18.1 Å². The van der Waals surface area contributed by atoms with Gasteiger partial charge in [0.2, 0.25) is 5.91 Å². The molecule has 3 N–H and O–H groups in total. The molecule has 0 aromatic heterocycles. The van der Waals surface area contributed by atoms with Gasteiger partial charge in [-0.25, -0.2) is 8.42 Å². The molecule has 0 saturated carbocycles. The molecule has 0 aromatic carbocycles. The van der Waals surface area contributed by atoms with Gasteiger partial charge in [-0.1, -0.05) is 27.7 Å². The molecule has 6 heteroatoms. The Kier molecular flexibility index (Phi) is 5.41. The van der Waals surface area contributed by atoms with Crippen LogP contribution < -0.4 is 11.1 Å². The van der Waals surface area contributed by atoms with E-state index in [1.54, 1.807) is 6.92 Å². The van der Waals surface area contributed by atoms with Crippen molar-refractivity contribution in [3.63, 3.8) is 0 Å². The molecular weight excluding hydrogens is 228 g/mol. The molecule has 1 amide bonds. The summed E-state index contributed by atoms with van der Waals surface area (Å²) in [6.07, 6.45) is 0. The lowest BCUT2D eigenvalue weighted by atomic mass is 9.87. The summed E-state index contributed by atoms with van der Waals surface area (Å²) in [5.74, 6) is -0.251. The van der Waals surface area contributed by atoms with E-state index in [4.69, 9.17) is 5.73 Å². The van der Waals surface area contributed by atoms with Crippen molar-refractivity contribution in [2.45, 2.75) is 33.7 Å². The molecule has 16 heavy (non-hydrogen) atoms. The molecule has 5 nitrogen and oxygen atoms in total.